The van der Waals surface area contributed by atoms with Gasteiger partial charge in [-0.1, -0.05) is 18.6 Å². The van der Waals surface area contributed by atoms with Crippen LogP contribution in [0.3, 0.4) is 0 Å². The van der Waals surface area contributed by atoms with E-state index in [4.69, 9.17) is 9.47 Å². The van der Waals surface area contributed by atoms with Gasteiger partial charge in [-0.15, -0.1) is 0 Å². The molecule has 1 heterocycles. The predicted molar refractivity (Wildman–Crippen MR) is 109 cm³/mol. The summed E-state index contributed by atoms with van der Waals surface area (Å²) >= 11 is 0. The standard InChI is InChI=1S/C23H26N2O3/c1-27-23(26)12-8-16-7-11-22(28-19-5-3-2-4-6-19)20(13-16)17-9-10-21-18(14-17)15-24-25-21/h7,9-11,13-15,19H,2-6,8,12H2,1H3,(H,24,25). The number of hydrogen-bond acceptors (Lipinski definition) is 4. The molecule has 1 aromatic heterocycles. The van der Waals surface area contributed by atoms with E-state index in [1.54, 1.807) is 0 Å². The lowest BCUT2D eigenvalue weighted by molar-refractivity contribution is -0.140. The Labute approximate surface area is 165 Å². The quantitative estimate of drug-likeness (QED) is 0.610. The van der Waals surface area contributed by atoms with Crippen LogP contribution in [0.5, 0.6) is 5.75 Å². The Morgan fingerprint density at radius 3 is 2.82 bits per heavy atom. The number of fused-ring (bicyclic) bond motifs is 1. The molecule has 1 saturated carbocycles. The first-order chi connectivity index (χ1) is 13.7. The van der Waals surface area contributed by atoms with Crippen molar-refractivity contribution in [2.75, 3.05) is 7.11 Å². The summed E-state index contributed by atoms with van der Waals surface area (Å²) in [5.41, 5.74) is 4.28. The van der Waals surface area contributed by atoms with E-state index in [2.05, 4.69) is 40.5 Å². The number of methoxy groups -OCH3 is 1. The maximum atomic E-state index is 11.5. The average molecular weight is 378 g/mol. The molecule has 5 heteroatoms. The van der Waals surface area contributed by atoms with Gasteiger partial charge in [-0.3, -0.25) is 9.89 Å². The third kappa shape index (κ3) is 4.19. The van der Waals surface area contributed by atoms with Crippen molar-refractivity contribution in [1.29, 1.82) is 0 Å². The molecule has 1 aliphatic rings. The number of esters is 1. The fourth-order valence-electron chi connectivity index (χ4n) is 3.88. The van der Waals surface area contributed by atoms with Gasteiger partial charge in [-0.25, -0.2) is 0 Å². The van der Waals surface area contributed by atoms with Crippen molar-refractivity contribution in [2.24, 2.45) is 0 Å². The summed E-state index contributed by atoms with van der Waals surface area (Å²) < 4.78 is 11.2. The minimum atomic E-state index is -0.191. The summed E-state index contributed by atoms with van der Waals surface area (Å²) in [7, 11) is 1.43. The van der Waals surface area contributed by atoms with Crippen molar-refractivity contribution in [2.45, 2.75) is 51.0 Å². The molecule has 0 saturated heterocycles. The monoisotopic (exact) mass is 378 g/mol. The zero-order valence-electron chi connectivity index (χ0n) is 16.2. The first-order valence-corrected chi connectivity index (χ1v) is 10.0. The summed E-state index contributed by atoms with van der Waals surface area (Å²) in [6.45, 7) is 0. The Bertz CT molecular complexity index is 957. The van der Waals surface area contributed by atoms with Gasteiger partial charge in [0.05, 0.1) is 24.9 Å². The van der Waals surface area contributed by atoms with Crippen LogP contribution in [-0.4, -0.2) is 29.4 Å². The van der Waals surface area contributed by atoms with Crippen LogP contribution >= 0.6 is 0 Å². The van der Waals surface area contributed by atoms with Gasteiger partial charge in [-0.2, -0.15) is 5.10 Å². The smallest absolute Gasteiger partial charge is 0.305 e. The van der Waals surface area contributed by atoms with E-state index >= 15 is 0 Å². The lowest BCUT2D eigenvalue weighted by atomic mass is 9.96. The molecule has 0 atom stereocenters. The number of aromatic nitrogens is 2. The van der Waals surface area contributed by atoms with E-state index < -0.39 is 0 Å². The summed E-state index contributed by atoms with van der Waals surface area (Å²) in [6, 6.07) is 12.5. The highest BCUT2D eigenvalue weighted by molar-refractivity contribution is 5.85. The van der Waals surface area contributed by atoms with Crippen molar-refractivity contribution < 1.29 is 14.3 Å². The highest BCUT2D eigenvalue weighted by Crippen LogP contribution is 2.35. The molecule has 5 nitrogen and oxygen atoms in total. The Morgan fingerprint density at radius 1 is 1.14 bits per heavy atom. The number of hydrogen-bond donors (Lipinski definition) is 1. The molecule has 0 spiro atoms. The minimum absolute atomic E-state index is 0.191. The lowest BCUT2D eigenvalue weighted by Crippen LogP contribution is -2.20. The molecule has 3 aromatic rings. The fourth-order valence-corrected chi connectivity index (χ4v) is 3.88. The van der Waals surface area contributed by atoms with Crippen molar-refractivity contribution in [3.05, 3.63) is 48.2 Å². The van der Waals surface area contributed by atoms with Gasteiger partial charge in [0.25, 0.3) is 0 Å². The number of aryl methyl sites for hydroxylation is 1. The van der Waals surface area contributed by atoms with Gasteiger partial charge in [0.1, 0.15) is 5.75 Å². The molecular weight excluding hydrogens is 352 g/mol. The maximum Gasteiger partial charge on any atom is 0.305 e. The normalized spacial score (nSPS) is 14.9. The van der Waals surface area contributed by atoms with Gasteiger partial charge >= 0.3 is 5.97 Å². The number of ether oxygens (including phenoxy) is 2. The number of carbonyl (C=O) groups excluding carboxylic acids is 1. The van der Waals surface area contributed by atoms with Gasteiger partial charge in [0.2, 0.25) is 0 Å². The van der Waals surface area contributed by atoms with E-state index in [-0.39, 0.29) is 12.1 Å². The van der Waals surface area contributed by atoms with Crippen LogP contribution < -0.4 is 4.74 Å². The van der Waals surface area contributed by atoms with Crippen LogP contribution in [0, 0.1) is 0 Å². The lowest BCUT2D eigenvalue weighted by Gasteiger charge is -2.24. The molecule has 1 fully saturated rings. The number of carbonyl (C=O) groups is 1. The molecule has 0 unspecified atom stereocenters. The van der Waals surface area contributed by atoms with E-state index in [9.17, 15) is 4.79 Å². The topological polar surface area (TPSA) is 64.2 Å². The first-order valence-electron chi connectivity index (χ1n) is 10.0. The Hall–Kier alpha value is -2.82. The fraction of sp³-hybridized carbons (Fsp3) is 0.391. The molecule has 0 bridgehead atoms. The number of rotatable bonds is 6. The van der Waals surface area contributed by atoms with Crippen molar-refractivity contribution in [3.8, 4) is 16.9 Å². The zero-order valence-corrected chi connectivity index (χ0v) is 16.2. The number of H-pyrrole nitrogens is 1. The number of benzene rings is 2. The van der Waals surface area contributed by atoms with Gasteiger partial charge in [0, 0.05) is 17.4 Å². The molecular formula is C23H26N2O3. The van der Waals surface area contributed by atoms with Crippen molar-refractivity contribution >= 4 is 16.9 Å². The Morgan fingerprint density at radius 2 is 2.00 bits per heavy atom. The molecule has 0 amide bonds. The molecule has 1 aliphatic carbocycles. The second-order valence-corrected chi connectivity index (χ2v) is 7.46. The molecule has 146 valence electrons. The van der Waals surface area contributed by atoms with Gasteiger partial charge in [0.15, 0.2) is 0 Å². The van der Waals surface area contributed by atoms with Crippen LogP contribution in [0.2, 0.25) is 0 Å². The highest BCUT2D eigenvalue weighted by Gasteiger charge is 2.18. The molecule has 4 rings (SSSR count). The van der Waals surface area contributed by atoms with Crippen LogP contribution in [0.1, 0.15) is 44.1 Å². The average Bonchev–Trinajstić information content (AvgIpc) is 3.21. The zero-order chi connectivity index (χ0) is 19.3. The molecule has 2 aromatic carbocycles. The van der Waals surface area contributed by atoms with Crippen LogP contribution in [0.15, 0.2) is 42.6 Å². The number of nitrogens with zero attached hydrogens (tertiary/aromatic N) is 1. The van der Waals surface area contributed by atoms with Gasteiger partial charge < -0.3 is 9.47 Å². The minimum Gasteiger partial charge on any atom is -0.490 e. The molecule has 1 N–H and O–H groups in total. The summed E-state index contributed by atoms with van der Waals surface area (Å²) in [5, 5.41) is 8.19. The van der Waals surface area contributed by atoms with Crippen LogP contribution in [0.25, 0.3) is 22.0 Å². The molecule has 0 radical (unpaired) electrons. The first kappa shape index (κ1) is 18.5. The largest absolute Gasteiger partial charge is 0.490 e. The van der Waals surface area contributed by atoms with Crippen molar-refractivity contribution in [1.82, 2.24) is 10.2 Å². The second kappa shape index (κ2) is 8.46. The van der Waals surface area contributed by atoms with Crippen LogP contribution in [-0.2, 0) is 16.0 Å². The van der Waals surface area contributed by atoms with E-state index in [0.717, 1.165) is 46.2 Å². The third-order valence-electron chi connectivity index (χ3n) is 5.49. The maximum absolute atomic E-state index is 11.5. The molecule has 28 heavy (non-hydrogen) atoms. The Balaban J connectivity index is 1.66. The highest BCUT2D eigenvalue weighted by atomic mass is 16.5. The summed E-state index contributed by atoms with van der Waals surface area (Å²) in [5.74, 6) is 0.723. The molecule has 0 aliphatic heterocycles. The SMILES string of the molecule is COC(=O)CCc1ccc(OC2CCCCC2)c(-c2ccc3[nH]ncc3c2)c1. The van der Waals surface area contributed by atoms with E-state index in [1.165, 1.54) is 26.4 Å². The second-order valence-electron chi connectivity index (χ2n) is 7.46. The number of nitrogens with one attached hydrogen (secondary N) is 1. The van der Waals surface area contributed by atoms with E-state index in [1.807, 2.05) is 12.3 Å². The summed E-state index contributed by atoms with van der Waals surface area (Å²) in [6.07, 6.45) is 9.14. The van der Waals surface area contributed by atoms with Gasteiger partial charge in [-0.05, 0) is 67.5 Å². The predicted octanol–water partition coefficient (Wildman–Crippen LogP) is 5.05. The Kier molecular flexibility index (Phi) is 5.60. The third-order valence-corrected chi connectivity index (χ3v) is 5.49. The van der Waals surface area contributed by atoms with E-state index in [0.29, 0.717) is 12.8 Å². The number of aromatic amines is 1. The van der Waals surface area contributed by atoms with Crippen molar-refractivity contribution in [3.63, 3.8) is 0 Å². The van der Waals surface area contributed by atoms with Crippen LogP contribution in [0.4, 0.5) is 0 Å². The summed E-state index contributed by atoms with van der Waals surface area (Å²) in [4.78, 5) is 11.5.